The molecule has 0 fully saturated rings. The van der Waals surface area contributed by atoms with E-state index < -0.39 is 11.2 Å². The Morgan fingerprint density at radius 2 is 0.947 bits per heavy atom. The lowest BCUT2D eigenvalue weighted by Crippen LogP contribution is -2.44. The highest BCUT2D eigenvalue weighted by Crippen LogP contribution is 2.51. The van der Waals surface area contributed by atoms with Gasteiger partial charge in [-0.1, -0.05) is 206 Å². The Hall–Kier alpha value is -6.38. The number of imidazole rings is 1. The van der Waals surface area contributed by atoms with Gasteiger partial charge in [-0.15, -0.1) is 0 Å². The second-order valence-corrected chi connectivity index (χ2v) is 14.3. The van der Waals surface area contributed by atoms with Crippen LogP contribution in [0, 0.1) is 5.92 Å². The van der Waals surface area contributed by atoms with Crippen molar-refractivity contribution in [3.05, 3.63) is 239 Å². The van der Waals surface area contributed by atoms with E-state index in [0.717, 1.165) is 39.8 Å². The summed E-state index contributed by atoms with van der Waals surface area (Å²) in [4.78, 5) is 12.3. The Morgan fingerprint density at radius 3 is 1.28 bits per heavy atom. The molecule has 1 aliphatic carbocycles. The number of halogens is 1. The summed E-state index contributed by atoms with van der Waals surface area (Å²) in [5.41, 5.74) is 11.3. The van der Waals surface area contributed by atoms with Crippen molar-refractivity contribution in [2.45, 2.75) is 23.7 Å². The standard InChI is InChI=1S/C38H30O.C11H12ClN5O/c1-7-19-31(20-8-1)37(32-21-9-2-10-22-32,33-23-11-3-12-24-33)39-38(34-25-13-4-14-26-34,35-27-15-5-16-28-35)36-29-17-6-18-30-36;12-9-8-10(16-11(13)15-9)17(5-14-8)7-2-1-6(3-7)4-18/h1-30H;1-2,5-7,18H,3-4H2,(H2,13,15,16)/t;6-,7+/m.0/s1. The van der Waals surface area contributed by atoms with Gasteiger partial charge in [0.15, 0.2) is 10.8 Å². The van der Waals surface area contributed by atoms with Crippen molar-refractivity contribution < 1.29 is 9.84 Å². The molecule has 0 unspecified atom stereocenters. The first-order valence-corrected chi connectivity index (χ1v) is 19.4. The van der Waals surface area contributed by atoms with Crippen LogP contribution in [0.25, 0.3) is 11.2 Å². The van der Waals surface area contributed by atoms with Crippen LogP contribution in [0.3, 0.4) is 0 Å². The number of fused-ring (bicyclic) bond motifs is 1. The minimum Gasteiger partial charge on any atom is -0.396 e. The van der Waals surface area contributed by atoms with Crippen LogP contribution in [0.15, 0.2) is 200 Å². The maximum Gasteiger partial charge on any atom is 0.223 e. The number of aromatic nitrogens is 4. The predicted octanol–water partition coefficient (Wildman–Crippen LogP) is 10.2. The van der Waals surface area contributed by atoms with Crippen LogP contribution < -0.4 is 5.73 Å². The van der Waals surface area contributed by atoms with Crippen LogP contribution in [0.5, 0.6) is 0 Å². The zero-order chi connectivity index (χ0) is 39.1. The summed E-state index contributed by atoms with van der Waals surface area (Å²) in [6.45, 7) is 0.150. The molecule has 1 aliphatic rings. The molecular formula is C49H42ClN5O2. The van der Waals surface area contributed by atoms with Crippen LogP contribution in [-0.2, 0) is 15.9 Å². The average molecular weight is 768 g/mol. The second-order valence-electron chi connectivity index (χ2n) is 14.0. The summed E-state index contributed by atoms with van der Waals surface area (Å²) < 4.78 is 9.85. The van der Waals surface area contributed by atoms with Crippen molar-refractivity contribution in [1.29, 1.82) is 0 Å². The number of aliphatic hydroxyl groups excluding tert-OH is 1. The Morgan fingerprint density at radius 1 is 0.579 bits per heavy atom. The zero-order valence-electron chi connectivity index (χ0n) is 31.2. The molecule has 0 saturated carbocycles. The van der Waals surface area contributed by atoms with Crippen LogP contribution in [0.1, 0.15) is 45.8 Å². The van der Waals surface area contributed by atoms with Gasteiger partial charge in [0.2, 0.25) is 5.95 Å². The second kappa shape index (κ2) is 16.8. The van der Waals surface area contributed by atoms with Crippen molar-refractivity contribution in [1.82, 2.24) is 19.5 Å². The highest BCUT2D eigenvalue weighted by Gasteiger charge is 2.48. The van der Waals surface area contributed by atoms with Crippen LogP contribution in [0.2, 0.25) is 5.15 Å². The molecule has 0 saturated heterocycles. The number of ether oxygens (including phenoxy) is 1. The quantitative estimate of drug-likeness (QED) is 0.0817. The number of aliphatic hydroxyl groups is 1. The van der Waals surface area contributed by atoms with Gasteiger partial charge in [0.25, 0.3) is 0 Å². The van der Waals surface area contributed by atoms with Gasteiger partial charge in [-0.3, -0.25) is 0 Å². The molecule has 0 radical (unpaired) electrons. The average Bonchev–Trinajstić information content (AvgIpc) is 3.94. The van der Waals surface area contributed by atoms with E-state index in [9.17, 15) is 0 Å². The molecular weight excluding hydrogens is 726 g/mol. The summed E-state index contributed by atoms with van der Waals surface area (Å²) in [6.07, 6.45) is 6.54. The summed E-state index contributed by atoms with van der Waals surface area (Å²) in [6, 6.07) is 63.6. The lowest BCUT2D eigenvalue weighted by Gasteiger charge is -2.46. The van der Waals surface area contributed by atoms with Crippen molar-refractivity contribution in [2.24, 2.45) is 5.92 Å². The summed E-state index contributed by atoms with van der Waals surface area (Å²) in [7, 11) is 0. The normalized spacial score (nSPS) is 15.3. The SMILES string of the molecule is Nc1nc(Cl)c2ncn([C@@H]3C=C[C@H](CO)C3)c2n1.c1ccc(C(OC(c2ccccc2)(c2ccccc2)c2ccccc2)(c2ccccc2)c2ccccc2)cc1. The molecule has 2 atom stereocenters. The van der Waals surface area contributed by atoms with E-state index in [1.807, 2.05) is 16.7 Å². The fourth-order valence-electron chi connectivity index (χ4n) is 7.86. The summed E-state index contributed by atoms with van der Waals surface area (Å²) in [5.74, 6) is 0.317. The van der Waals surface area contributed by atoms with Gasteiger partial charge in [0.05, 0.1) is 12.4 Å². The molecule has 9 rings (SSSR count). The number of hydrogen-bond donors (Lipinski definition) is 2. The van der Waals surface area contributed by atoms with E-state index in [4.69, 9.17) is 27.2 Å². The maximum atomic E-state index is 9.14. The van der Waals surface area contributed by atoms with E-state index >= 15 is 0 Å². The molecule has 0 bridgehead atoms. The number of allylic oxidation sites excluding steroid dienone is 1. The minimum atomic E-state index is -0.925. The number of nitrogen functional groups attached to an aromatic ring is 1. The zero-order valence-corrected chi connectivity index (χ0v) is 32.0. The van der Waals surface area contributed by atoms with Crippen LogP contribution >= 0.6 is 11.6 Å². The molecule has 3 N–H and O–H groups in total. The molecule has 0 amide bonds. The van der Waals surface area contributed by atoms with Gasteiger partial charge in [0, 0.05) is 12.5 Å². The number of anilines is 1. The van der Waals surface area contributed by atoms with E-state index in [-0.39, 0.29) is 29.7 Å². The first-order valence-electron chi connectivity index (χ1n) is 19.0. The van der Waals surface area contributed by atoms with Crippen molar-refractivity contribution in [3.8, 4) is 0 Å². The molecule has 57 heavy (non-hydrogen) atoms. The van der Waals surface area contributed by atoms with Gasteiger partial charge in [-0.25, -0.2) is 4.98 Å². The molecule has 2 heterocycles. The monoisotopic (exact) mass is 767 g/mol. The molecule has 282 valence electrons. The van der Waals surface area contributed by atoms with Crippen LogP contribution in [-0.4, -0.2) is 31.2 Å². The third-order valence-electron chi connectivity index (χ3n) is 10.5. The molecule has 8 heteroatoms. The Labute approximate surface area is 337 Å². The van der Waals surface area contributed by atoms with Crippen LogP contribution in [0.4, 0.5) is 5.95 Å². The Bertz CT molecular complexity index is 2220. The minimum absolute atomic E-state index is 0.123. The number of rotatable bonds is 10. The van der Waals surface area contributed by atoms with Crippen molar-refractivity contribution >= 4 is 28.7 Å². The lowest BCUT2D eigenvalue weighted by atomic mass is 9.75. The molecule has 6 aromatic carbocycles. The van der Waals surface area contributed by atoms with Gasteiger partial charge in [-0.05, 0) is 39.8 Å². The fraction of sp³-hybridized carbons (Fsp3) is 0.122. The fourth-order valence-corrected chi connectivity index (χ4v) is 8.08. The Kier molecular flexibility index (Phi) is 11.0. The van der Waals surface area contributed by atoms with Gasteiger partial charge in [0.1, 0.15) is 16.7 Å². The van der Waals surface area contributed by atoms with E-state index in [1.54, 1.807) is 6.33 Å². The molecule has 0 spiro atoms. The molecule has 0 aliphatic heterocycles. The molecule has 8 aromatic rings. The van der Waals surface area contributed by atoms with Crippen molar-refractivity contribution in [3.63, 3.8) is 0 Å². The summed E-state index contributed by atoms with van der Waals surface area (Å²) in [5, 5.41) is 9.40. The number of nitrogens with two attached hydrogens (primary N) is 1. The third kappa shape index (κ3) is 7.36. The van der Waals surface area contributed by atoms with Crippen molar-refractivity contribution in [2.75, 3.05) is 12.3 Å². The molecule has 2 aromatic heterocycles. The molecule has 7 nitrogen and oxygen atoms in total. The smallest absolute Gasteiger partial charge is 0.223 e. The number of nitrogens with zero attached hydrogens (tertiary/aromatic N) is 4. The largest absolute Gasteiger partial charge is 0.396 e. The Balaban J connectivity index is 0.000000210. The van der Waals surface area contributed by atoms with E-state index in [1.165, 1.54) is 0 Å². The first-order chi connectivity index (χ1) is 28.0. The highest BCUT2D eigenvalue weighted by molar-refractivity contribution is 6.33. The van der Waals surface area contributed by atoms with Gasteiger partial charge in [-0.2, -0.15) is 9.97 Å². The predicted molar refractivity (Wildman–Crippen MR) is 228 cm³/mol. The third-order valence-corrected chi connectivity index (χ3v) is 10.8. The maximum absolute atomic E-state index is 9.14. The van der Waals surface area contributed by atoms with Gasteiger partial charge >= 0.3 is 0 Å². The van der Waals surface area contributed by atoms with E-state index in [2.05, 4.69) is 197 Å². The summed E-state index contributed by atoms with van der Waals surface area (Å²) >= 11 is 5.97. The number of benzene rings is 6. The van der Waals surface area contributed by atoms with Gasteiger partial charge < -0.3 is 20.1 Å². The highest BCUT2D eigenvalue weighted by atomic mass is 35.5. The topological polar surface area (TPSA) is 99.1 Å². The first kappa shape index (κ1) is 37.5. The lowest BCUT2D eigenvalue weighted by molar-refractivity contribution is -0.0810. The number of hydrogen-bond acceptors (Lipinski definition) is 6. The van der Waals surface area contributed by atoms with E-state index in [0.29, 0.717) is 11.2 Å².